The van der Waals surface area contributed by atoms with E-state index in [1.54, 1.807) is 18.2 Å². The Labute approximate surface area is 245 Å². The number of hydrogen-bond donors (Lipinski definition) is 1. The van der Waals surface area contributed by atoms with Gasteiger partial charge in [0, 0.05) is 64.3 Å². The average Bonchev–Trinajstić information content (AvgIpc) is 2.98. The van der Waals surface area contributed by atoms with Gasteiger partial charge in [0.2, 0.25) is 11.0 Å². The van der Waals surface area contributed by atoms with Crippen LogP contribution in [0.5, 0.6) is 0 Å². The molecular weight excluding hydrogens is 544 g/mol. The van der Waals surface area contributed by atoms with Crippen LogP contribution in [0.2, 0.25) is 0 Å². The molecule has 6 nitrogen and oxygen atoms in total. The highest BCUT2D eigenvalue weighted by molar-refractivity contribution is 7.86. The van der Waals surface area contributed by atoms with E-state index < -0.39 is 10.1 Å². The summed E-state index contributed by atoms with van der Waals surface area (Å²) < 4.78 is 43.8. The van der Waals surface area contributed by atoms with E-state index in [1.807, 2.05) is 74.8 Å². The van der Waals surface area contributed by atoms with Crippen molar-refractivity contribution in [2.24, 2.45) is 0 Å². The van der Waals surface area contributed by atoms with Crippen LogP contribution in [0.3, 0.4) is 0 Å². The van der Waals surface area contributed by atoms with Gasteiger partial charge in [-0.3, -0.25) is 4.55 Å². The molecule has 1 N–H and O–H groups in total. The number of nitrogens with zero attached hydrogens (tertiary/aromatic N) is 2. The van der Waals surface area contributed by atoms with Crippen molar-refractivity contribution < 1.29 is 17.4 Å². The Bertz CT molecular complexity index is 2130. The van der Waals surface area contributed by atoms with Crippen molar-refractivity contribution >= 4 is 38.1 Å². The van der Waals surface area contributed by atoms with E-state index >= 15 is 0 Å². The summed E-state index contributed by atoms with van der Waals surface area (Å²) in [6.45, 7) is 4.14. The molecule has 210 valence electrons. The highest BCUT2D eigenvalue weighted by Gasteiger charge is 2.24. The molecule has 0 spiro atoms. The summed E-state index contributed by atoms with van der Waals surface area (Å²) in [4.78, 5) is 1.95. The first-order valence-electron chi connectivity index (χ1n) is 13.6. The topological polar surface area (TPSA) is 73.8 Å². The Morgan fingerprint density at radius 3 is 2.19 bits per heavy atom. The Hall–Kier alpha value is -4.72. The predicted octanol–water partition coefficient (Wildman–Crippen LogP) is 7.57. The summed E-state index contributed by atoms with van der Waals surface area (Å²) in [7, 11) is -0.474. The van der Waals surface area contributed by atoms with Crippen LogP contribution < -0.4 is 14.8 Å². The van der Waals surface area contributed by atoms with Gasteiger partial charge in [0.1, 0.15) is 23.3 Å². The molecule has 42 heavy (non-hydrogen) atoms. The minimum atomic E-state index is -4.49. The van der Waals surface area contributed by atoms with Crippen molar-refractivity contribution in [3.8, 4) is 22.5 Å². The lowest BCUT2D eigenvalue weighted by atomic mass is 9.93. The minimum absolute atomic E-state index is 0.152. The normalized spacial score (nSPS) is 12.5. The van der Waals surface area contributed by atoms with Crippen molar-refractivity contribution in [1.29, 1.82) is 0 Å². The molecule has 0 aromatic heterocycles. The maximum atomic E-state index is 12.5. The van der Waals surface area contributed by atoms with Crippen LogP contribution in [0.25, 0.3) is 33.4 Å². The molecule has 0 fully saturated rings. The lowest BCUT2D eigenvalue weighted by Crippen LogP contribution is -2.22. The first kappa shape index (κ1) is 27.4. The SMILES string of the molecule is Cc1ccccc1N(C)c1ccc2c(-c3ccccc3S(=O)(=O)O)c3cc/c(=[N+](/C)c4ccccc4C)cc-3oc2c1. The van der Waals surface area contributed by atoms with Crippen LogP contribution in [0, 0.1) is 13.8 Å². The zero-order valence-electron chi connectivity index (χ0n) is 23.9. The van der Waals surface area contributed by atoms with Gasteiger partial charge in [-0.1, -0.05) is 54.6 Å². The molecule has 0 amide bonds. The smallest absolute Gasteiger partial charge is 0.295 e. The average molecular weight is 576 g/mol. The number of benzene rings is 5. The molecule has 0 saturated carbocycles. The molecule has 4 aromatic carbocycles. The lowest BCUT2D eigenvalue weighted by molar-refractivity contribution is 0.483. The third-order valence-corrected chi connectivity index (χ3v) is 8.76. The maximum Gasteiger partial charge on any atom is 0.295 e. The van der Waals surface area contributed by atoms with E-state index in [9.17, 15) is 13.0 Å². The number of hydrogen-bond acceptors (Lipinski definition) is 4. The van der Waals surface area contributed by atoms with Crippen LogP contribution in [-0.2, 0) is 10.1 Å². The van der Waals surface area contributed by atoms with Gasteiger partial charge in [-0.25, -0.2) is 0 Å². The van der Waals surface area contributed by atoms with Gasteiger partial charge in [0.15, 0.2) is 0 Å². The number of anilines is 2. The summed E-state index contributed by atoms with van der Waals surface area (Å²) in [5.74, 6) is 0.594. The summed E-state index contributed by atoms with van der Waals surface area (Å²) >= 11 is 0. The number of fused-ring (bicyclic) bond motifs is 2. The largest absolute Gasteiger partial charge is 0.456 e. The van der Waals surface area contributed by atoms with Gasteiger partial charge < -0.3 is 9.32 Å². The monoisotopic (exact) mass is 575 g/mol. The van der Waals surface area contributed by atoms with Crippen molar-refractivity contribution in [1.82, 2.24) is 4.58 Å². The standard InChI is InChI=1S/C35H30N2O4S/c1-23-11-5-8-14-30(23)36(3)25-17-19-27-32(21-25)41-33-22-26(37(4)31-15-9-6-12-24(31)2)18-20-28(33)35(27)29-13-7-10-16-34(29)42(38,39)40/h5-22H,1-4H3/p+1. The lowest BCUT2D eigenvalue weighted by Gasteiger charge is -2.23. The molecule has 1 heterocycles. The Morgan fingerprint density at radius 2 is 1.45 bits per heavy atom. The van der Waals surface area contributed by atoms with Crippen LogP contribution in [0.1, 0.15) is 11.1 Å². The molecule has 6 rings (SSSR count). The quantitative estimate of drug-likeness (QED) is 0.130. The molecule has 1 aliphatic carbocycles. The van der Waals surface area contributed by atoms with Crippen LogP contribution in [-0.4, -0.2) is 27.1 Å². The van der Waals surface area contributed by atoms with E-state index in [0.29, 0.717) is 22.5 Å². The van der Waals surface area contributed by atoms with E-state index in [4.69, 9.17) is 4.42 Å². The molecule has 0 bridgehead atoms. The van der Waals surface area contributed by atoms with Crippen molar-refractivity contribution in [3.05, 3.63) is 126 Å². The summed E-state index contributed by atoms with van der Waals surface area (Å²) in [5, 5.41) is 1.66. The molecule has 0 saturated heterocycles. The molecule has 4 aromatic rings. The van der Waals surface area contributed by atoms with Crippen LogP contribution in [0.15, 0.2) is 119 Å². The van der Waals surface area contributed by atoms with Gasteiger partial charge >= 0.3 is 0 Å². The van der Waals surface area contributed by atoms with E-state index in [0.717, 1.165) is 44.5 Å². The van der Waals surface area contributed by atoms with Gasteiger partial charge in [-0.15, -0.1) is 0 Å². The molecule has 7 heteroatoms. The fraction of sp³-hybridized carbons (Fsp3) is 0.114. The molecule has 0 radical (unpaired) electrons. The zero-order chi connectivity index (χ0) is 29.6. The second-order valence-electron chi connectivity index (χ2n) is 10.5. The van der Waals surface area contributed by atoms with Gasteiger partial charge in [-0.2, -0.15) is 13.0 Å². The first-order valence-corrected chi connectivity index (χ1v) is 15.1. The predicted molar refractivity (Wildman–Crippen MR) is 169 cm³/mol. The van der Waals surface area contributed by atoms with Gasteiger partial charge in [-0.05, 0) is 49.7 Å². The van der Waals surface area contributed by atoms with E-state index in [-0.39, 0.29) is 4.90 Å². The molecule has 0 unspecified atom stereocenters. The summed E-state index contributed by atoms with van der Waals surface area (Å²) in [6, 6.07) is 34.7. The number of para-hydroxylation sites is 2. The highest BCUT2D eigenvalue weighted by Crippen LogP contribution is 2.43. The molecule has 2 aliphatic rings. The molecule has 0 atom stereocenters. The van der Waals surface area contributed by atoms with Crippen LogP contribution in [0.4, 0.5) is 17.1 Å². The zero-order valence-corrected chi connectivity index (χ0v) is 24.7. The second kappa shape index (κ2) is 10.6. The summed E-state index contributed by atoms with van der Waals surface area (Å²) in [5.41, 5.74) is 7.75. The Kier molecular flexibility index (Phi) is 6.93. The van der Waals surface area contributed by atoms with Crippen molar-refractivity contribution in [2.45, 2.75) is 18.7 Å². The van der Waals surface area contributed by atoms with Crippen molar-refractivity contribution in [2.75, 3.05) is 19.0 Å². The van der Waals surface area contributed by atoms with E-state index in [2.05, 4.69) is 47.6 Å². The fourth-order valence-corrected chi connectivity index (χ4v) is 6.33. The Morgan fingerprint density at radius 1 is 0.762 bits per heavy atom. The molecule has 1 aliphatic heterocycles. The first-order chi connectivity index (χ1) is 20.1. The van der Waals surface area contributed by atoms with Gasteiger partial charge in [0.25, 0.3) is 10.1 Å². The Balaban J connectivity index is 1.67. The summed E-state index contributed by atoms with van der Waals surface area (Å²) in [6.07, 6.45) is 0. The van der Waals surface area contributed by atoms with Crippen LogP contribution >= 0.6 is 0 Å². The van der Waals surface area contributed by atoms with E-state index in [1.165, 1.54) is 6.07 Å². The van der Waals surface area contributed by atoms with Crippen molar-refractivity contribution in [3.63, 3.8) is 0 Å². The third kappa shape index (κ3) is 4.87. The maximum absolute atomic E-state index is 12.5. The van der Waals surface area contributed by atoms with Gasteiger partial charge in [0.05, 0.1) is 6.07 Å². The number of aryl methyl sites for hydroxylation is 2. The second-order valence-corrected chi connectivity index (χ2v) is 11.9. The molecular formula is C35H31N2O4S+. The minimum Gasteiger partial charge on any atom is -0.456 e. The highest BCUT2D eigenvalue weighted by atomic mass is 32.2. The fourth-order valence-electron chi connectivity index (χ4n) is 5.63. The third-order valence-electron chi connectivity index (χ3n) is 7.85. The number of rotatable bonds is 5.